The minimum absolute atomic E-state index is 0.0820. The fourth-order valence-electron chi connectivity index (χ4n) is 3.05. The summed E-state index contributed by atoms with van der Waals surface area (Å²) in [5, 5.41) is 11.9. The molecule has 0 amide bonds. The first kappa shape index (κ1) is 18.4. The number of halogens is 1. The van der Waals surface area contributed by atoms with Gasteiger partial charge in [-0.15, -0.1) is 0 Å². The van der Waals surface area contributed by atoms with Gasteiger partial charge in [-0.2, -0.15) is 5.10 Å². The van der Waals surface area contributed by atoms with Gasteiger partial charge < -0.3 is 10.3 Å². The van der Waals surface area contributed by atoms with Gasteiger partial charge in [0.05, 0.1) is 24.5 Å². The van der Waals surface area contributed by atoms with E-state index >= 15 is 0 Å². The van der Waals surface area contributed by atoms with Gasteiger partial charge in [-0.1, -0.05) is 18.7 Å². The summed E-state index contributed by atoms with van der Waals surface area (Å²) in [5.74, 6) is -0.513. The third kappa shape index (κ3) is 3.98. The molecule has 0 saturated heterocycles. The summed E-state index contributed by atoms with van der Waals surface area (Å²) in [4.78, 5) is 11.2. The molecule has 2 aromatic heterocycles. The molecule has 2 heterocycles. The largest absolute Gasteiger partial charge is 0.355 e. The maximum atomic E-state index is 14.5. The van der Waals surface area contributed by atoms with E-state index in [9.17, 15) is 4.39 Å². The maximum absolute atomic E-state index is 14.5. The second kappa shape index (κ2) is 7.93. The van der Waals surface area contributed by atoms with E-state index in [1.54, 1.807) is 12.3 Å². The van der Waals surface area contributed by atoms with E-state index in [1.807, 2.05) is 42.5 Å². The van der Waals surface area contributed by atoms with Crippen LogP contribution in [0.25, 0.3) is 27.9 Å². The van der Waals surface area contributed by atoms with E-state index in [2.05, 4.69) is 43.8 Å². The molecule has 144 valence electrons. The smallest absolute Gasteiger partial charge is 0.183 e. The lowest BCUT2D eigenvalue weighted by Gasteiger charge is -2.09. The summed E-state index contributed by atoms with van der Waals surface area (Å²) in [6, 6.07) is 13.5. The third-order valence-corrected chi connectivity index (χ3v) is 4.48. The van der Waals surface area contributed by atoms with Gasteiger partial charge in [0.25, 0.3) is 0 Å². The molecule has 4 rings (SSSR count). The highest BCUT2D eigenvalue weighted by molar-refractivity contribution is 6.07. The molecule has 3 N–H and O–H groups in total. The zero-order chi connectivity index (χ0) is 20.2. The van der Waals surface area contributed by atoms with Crippen LogP contribution in [0.2, 0.25) is 0 Å². The second-order valence-corrected chi connectivity index (χ2v) is 6.47. The average Bonchev–Trinajstić information content (AvgIpc) is 3.36. The molecule has 29 heavy (non-hydrogen) atoms. The number of hydrogen-bond donors (Lipinski definition) is 3. The van der Waals surface area contributed by atoms with Gasteiger partial charge in [-0.25, -0.2) is 4.39 Å². The number of aromatic nitrogens is 3. The highest BCUT2D eigenvalue weighted by Gasteiger charge is 2.09. The summed E-state index contributed by atoms with van der Waals surface area (Å²) in [5.41, 5.74) is 4.47. The van der Waals surface area contributed by atoms with E-state index in [0.29, 0.717) is 12.2 Å². The molecule has 6 nitrogen and oxygen atoms in total. The minimum atomic E-state index is -0.595. The van der Waals surface area contributed by atoms with Gasteiger partial charge >= 0.3 is 0 Å². The van der Waals surface area contributed by atoms with Gasteiger partial charge in [-0.3, -0.25) is 15.1 Å². The average molecular weight is 386 g/mol. The molecule has 0 aliphatic rings. The number of nitrogens with one attached hydrogen (secondary N) is 3. The van der Waals surface area contributed by atoms with Crippen molar-refractivity contribution in [2.24, 2.45) is 9.98 Å². The number of anilines is 1. The number of nitrogens with zero attached hydrogens (tertiary/aromatic N) is 3. The minimum Gasteiger partial charge on any atom is -0.355 e. The van der Waals surface area contributed by atoms with Crippen molar-refractivity contribution >= 4 is 46.1 Å². The Morgan fingerprint density at radius 3 is 2.86 bits per heavy atom. The molecule has 0 aliphatic carbocycles. The Morgan fingerprint density at radius 1 is 1.14 bits per heavy atom. The number of aliphatic imine (C=N–C) groups is 2. The number of aromatic amines is 2. The first-order valence-corrected chi connectivity index (χ1v) is 8.97. The molecular weight excluding hydrogens is 367 g/mol. The van der Waals surface area contributed by atoms with Crippen molar-refractivity contribution in [1.29, 1.82) is 0 Å². The van der Waals surface area contributed by atoms with Gasteiger partial charge in [-0.05, 0) is 48.7 Å². The number of benzene rings is 2. The fourth-order valence-corrected chi connectivity index (χ4v) is 3.05. The number of rotatable bonds is 6. The van der Waals surface area contributed by atoms with Crippen LogP contribution in [-0.4, -0.2) is 27.7 Å². The van der Waals surface area contributed by atoms with Crippen LogP contribution < -0.4 is 5.32 Å². The highest BCUT2D eigenvalue weighted by atomic mass is 19.1. The van der Waals surface area contributed by atoms with Crippen LogP contribution in [0.4, 0.5) is 10.1 Å². The Labute approximate surface area is 166 Å². The van der Waals surface area contributed by atoms with Crippen molar-refractivity contribution in [1.82, 2.24) is 15.2 Å². The molecule has 0 unspecified atom stereocenters. The standard InChI is InChI=1S/C22H19FN6/c1-3-17-9-15-5-4-14(8-21(15)27-17)11-25-22(19(23)13-24-2)28-18-6-7-20-16(10-18)12-26-29-20/h3-10,12-13,27H,1-2,11H2,(H,25,28)(H,26,29)/b19-13+. The van der Waals surface area contributed by atoms with E-state index in [-0.39, 0.29) is 5.84 Å². The lowest BCUT2D eigenvalue weighted by Crippen LogP contribution is -2.13. The Balaban J connectivity index is 1.61. The molecule has 0 radical (unpaired) electrons. The second-order valence-electron chi connectivity index (χ2n) is 6.47. The molecule has 0 aliphatic heterocycles. The topological polar surface area (TPSA) is 81.2 Å². The molecule has 7 heteroatoms. The van der Waals surface area contributed by atoms with E-state index < -0.39 is 5.83 Å². The van der Waals surface area contributed by atoms with Crippen LogP contribution in [0.1, 0.15) is 11.3 Å². The van der Waals surface area contributed by atoms with E-state index in [4.69, 9.17) is 0 Å². The number of amidine groups is 1. The SMILES string of the molecule is C=Cc1cc2ccc(C/N=C(Nc3ccc4[nH]ncc4c3)\C(F)=C/N=C)cc2[nH]1. The van der Waals surface area contributed by atoms with Gasteiger partial charge in [0, 0.05) is 27.7 Å². The molecule has 0 saturated carbocycles. The van der Waals surface area contributed by atoms with E-state index in [1.165, 1.54) is 0 Å². The predicted molar refractivity (Wildman–Crippen MR) is 118 cm³/mol. The maximum Gasteiger partial charge on any atom is 0.183 e. The zero-order valence-electron chi connectivity index (χ0n) is 15.6. The van der Waals surface area contributed by atoms with Gasteiger partial charge in [0.1, 0.15) is 0 Å². The Kier molecular flexibility index (Phi) is 5.03. The molecule has 0 atom stereocenters. The predicted octanol–water partition coefficient (Wildman–Crippen LogP) is 5.21. The molecule has 0 fully saturated rings. The van der Waals surface area contributed by atoms with Crippen LogP contribution in [0, 0.1) is 0 Å². The first-order chi connectivity index (χ1) is 14.2. The van der Waals surface area contributed by atoms with Crippen LogP contribution in [0.5, 0.6) is 0 Å². The van der Waals surface area contributed by atoms with Crippen LogP contribution in [0.3, 0.4) is 0 Å². The summed E-state index contributed by atoms with van der Waals surface area (Å²) in [6.07, 6.45) is 4.50. The summed E-state index contributed by atoms with van der Waals surface area (Å²) >= 11 is 0. The van der Waals surface area contributed by atoms with Crippen molar-refractivity contribution in [3.63, 3.8) is 0 Å². The molecule has 0 spiro atoms. The first-order valence-electron chi connectivity index (χ1n) is 8.97. The number of hydrogen-bond acceptors (Lipinski definition) is 3. The van der Waals surface area contributed by atoms with Crippen molar-refractivity contribution in [3.05, 3.63) is 78.5 Å². The summed E-state index contributed by atoms with van der Waals surface area (Å²) in [7, 11) is 0. The number of fused-ring (bicyclic) bond motifs is 2. The zero-order valence-corrected chi connectivity index (χ0v) is 15.6. The van der Waals surface area contributed by atoms with Crippen LogP contribution in [-0.2, 0) is 6.54 Å². The highest BCUT2D eigenvalue weighted by Crippen LogP contribution is 2.20. The Bertz CT molecular complexity index is 1260. The molecule has 4 aromatic rings. The van der Waals surface area contributed by atoms with Gasteiger partial charge in [0.2, 0.25) is 0 Å². The molecular formula is C22H19FN6. The molecule has 2 aromatic carbocycles. The lowest BCUT2D eigenvalue weighted by atomic mass is 10.1. The van der Waals surface area contributed by atoms with Crippen LogP contribution >= 0.6 is 0 Å². The quantitative estimate of drug-likeness (QED) is 0.314. The summed E-state index contributed by atoms with van der Waals surface area (Å²) < 4.78 is 14.5. The fraction of sp³-hybridized carbons (Fsp3) is 0.0455. The monoisotopic (exact) mass is 386 g/mol. The molecule has 0 bridgehead atoms. The third-order valence-electron chi connectivity index (χ3n) is 4.48. The van der Waals surface area contributed by atoms with E-state index in [0.717, 1.165) is 39.3 Å². The van der Waals surface area contributed by atoms with Gasteiger partial charge in [0.15, 0.2) is 11.7 Å². The Morgan fingerprint density at radius 2 is 2.03 bits per heavy atom. The van der Waals surface area contributed by atoms with Crippen molar-refractivity contribution in [3.8, 4) is 0 Å². The van der Waals surface area contributed by atoms with Crippen molar-refractivity contribution in [2.45, 2.75) is 6.54 Å². The van der Waals surface area contributed by atoms with Crippen LogP contribution in [0.15, 0.2) is 77.3 Å². The number of H-pyrrole nitrogens is 2. The summed E-state index contributed by atoms with van der Waals surface area (Å²) in [6.45, 7) is 7.38. The van der Waals surface area contributed by atoms with Crippen molar-refractivity contribution in [2.75, 3.05) is 5.32 Å². The normalized spacial score (nSPS) is 12.4. The van der Waals surface area contributed by atoms with Crippen molar-refractivity contribution < 1.29 is 4.39 Å². The lowest BCUT2D eigenvalue weighted by molar-refractivity contribution is 0.676. The Hall–Kier alpha value is -4.00.